The lowest BCUT2D eigenvalue weighted by atomic mass is 10.1. The van der Waals surface area contributed by atoms with Gasteiger partial charge in [-0.15, -0.1) is 0 Å². The van der Waals surface area contributed by atoms with Crippen molar-refractivity contribution in [1.29, 1.82) is 0 Å². The van der Waals surface area contributed by atoms with Crippen molar-refractivity contribution in [1.82, 2.24) is 14.5 Å². The van der Waals surface area contributed by atoms with Crippen molar-refractivity contribution < 1.29 is 27.5 Å². The molecule has 9 nitrogen and oxygen atoms in total. The lowest BCUT2D eigenvalue weighted by Gasteiger charge is -2.34. The average molecular weight is 474 g/mol. The monoisotopic (exact) mass is 473 g/mol. The second-order valence-corrected chi connectivity index (χ2v) is 9.98. The molecule has 1 atom stereocenters. The summed E-state index contributed by atoms with van der Waals surface area (Å²) in [5, 5.41) is 2.97. The number of ether oxygens (including phenoxy) is 2. The second kappa shape index (κ2) is 9.40. The molecule has 10 heteroatoms. The second-order valence-electron chi connectivity index (χ2n) is 8.05. The molecule has 1 N–H and O–H groups in total. The summed E-state index contributed by atoms with van der Waals surface area (Å²) < 4.78 is 38.4. The Hall–Kier alpha value is -3.11. The molecule has 2 aromatic rings. The van der Waals surface area contributed by atoms with Crippen LogP contribution in [-0.2, 0) is 10.0 Å². The quantitative estimate of drug-likeness (QED) is 0.669. The highest BCUT2D eigenvalue weighted by molar-refractivity contribution is 7.89. The van der Waals surface area contributed by atoms with E-state index in [1.165, 1.54) is 35.5 Å². The molecular weight excluding hydrogens is 446 g/mol. The number of benzene rings is 2. The molecule has 4 rings (SSSR count). The zero-order chi connectivity index (χ0) is 23.6. The number of fused-ring (bicyclic) bond motifs is 1. The van der Waals surface area contributed by atoms with E-state index in [1.807, 2.05) is 25.1 Å². The van der Waals surface area contributed by atoms with Crippen LogP contribution in [0.3, 0.4) is 0 Å². The number of nitrogens with zero attached hydrogens (tertiary/aromatic N) is 2. The van der Waals surface area contributed by atoms with E-state index < -0.39 is 10.0 Å². The van der Waals surface area contributed by atoms with E-state index in [9.17, 15) is 18.0 Å². The number of rotatable bonds is 5. The van der Waals surface area contributed by atoms with Crippen molar-refractivity contribution in [2.75, 3.05) is 39.4 Å². The molecule has 2 aromatic carbocycles. The van der Waals surface area contributed by atoms with Crippen LogP contribution in [0.25, 0.3) is 0 Å². The molecule has 0 radical (unpaired) electrons. The van der Waals surface area contributed by atoms with Gasteiger partial charge >= 0.3 is 6.03 Å². The van der Waals surface area contributed by atoms with E-state index in [1.54, 1.807) is 4.90 Å². The molecular formula is C23H27N3O6S. The van der Waals surface area contributed by atoms with Crippen molar-refractivity contribution in [3.05, 3.63) is 53.6 Å². The average Bonchev–Trinajstić information content (AvgIpc) is 2.83. The highest BCUT2D eigenvalue weighted by atomic mass is 32.2. The molecule has 0 spiro atoms. The third-order valence-corrected chi connectivity index (χ3v) is 7.74. The predicted molar refractivity (Wildman–Crippen MR) is 121 cm³/mol. The summed E-state index contributed by atoms with van der Waals surface area (Å²) in [5.41, 5.74) is 1.35. The van der Waals surface area contributed by atoms with E-state index in [-0.39, 0.29) is 48.9 Å². The Morgan fingerprint density at radius 3 is 2.21 bits per heavy atom. The normalized spacial score (nSPS) is 17.3. The SMILES string of the molecule is CC(=O)c1ccc(S(=O)(=O)N2CCN(C(=O)N[C@H](C)c3ccc4c(c3)OCCO4)CC2)cc1. The summed E-state index contributed by atoms with van der Waals surface area (Å²) in [6.45, 7) is 5.28. The van der Waals surface area contributed by atoms with Crippen LogP contribution in [-0.4, -0.2) is 68.8 Å². The van der Waals surface area contributed by atoms with Crippen molar-refractivity contribution in [2.24, 2.45) is 0 Å². The van der Waals surface area contributed by atoms with Gasteiger partial charge in [-0.05, 0) is 43.7 Å². The Bertz CT molecular complexity index is 1140. The van der Waals surface area contributed by atoms with Gasteiger partial charge in [0.15, 0.2) is 17.3 Å². The number of carbonyl (C=O) groups is 2. The fourth-order valence-corrected chi connectivity index (χ4v) is 5.25. The zero-order valence-electron chi connectivity index (χ0n) is 18.6. The van der Waals surface area contributed by atoms with Crippen LogP contribution in [0.2, 0.25) is 0 Å². The summed E-state index contributed by atoms with van der Waals surface area (Å²) in [4.78, 5) is 25.9. The molecule has 33 heavy (non-hydrogen) atoms. The van der Waals surface area contributed by atoms with Crippen LogP contribution in [0.4, 0.5) is 4.79 Å². The molecule has 2 heterocycles. The van der Waals surface area contributed by atoms with Crippen molar-refractivity contribution >= 4 is 21.8 Å². The van der Waals surface area contributed by atoms with Gasteiger partial charge in [0.25, 0.3) is 0 Å². The number of urea groups is 1. The highest BCUT2D eigenvalue weighted by Gasteiger charge is 2.30. The first-order valence-electron chi connectivity index (χ1n) is 10.8. The van der Waals surface area contributed by atoms with Crippen LogP contribution < -0.4 is 14.8 Å². The Balaban J connectivity index is 1.34. The zero-order valence-corrected chi connectivity index (χ0v) is 19.4. The summed E-state index contributed by atoms with van der Waals surface area (Å²) in [6, 6.07) is 11.0. The number of Topliss-reactive ketones (excluding diaryl/α,β-unsaturated/α-hetero) is 1. The first-order valence-corrected chi connectivity index (χ1v) is 12.3. The number of ketones is 1. The smallest absolute Gasteiger partial charge is 0.317 e. The van der Waals surface area contributed by atoms with Crippen LogP contribution in [0.1, 0.15) is 35.8 Å². The van der Waals surface area contributed by atoms with E-state index in [2.05, 4.69) is 5.32 Å². The van der Waals surface area contributed by atoms with Crippen molar-refractivity contribution in [3.8, 4) is 11.5 Å². The standard InChI is InChI=1S/C23H27N3O6S/c1-16(19-5-8-21-22(15-19)32-14-13-31-21)24-23(28)25-9-11-26(12-10-25)33(29,30)20-6-3-18(4-7-20)17(2)27/h3-8,15-16H,9-14H2,1-2H3,(H,24,28)/t16-/m1/s1. The number of amides is 2. The maximum atomic E-state index is 12.9. The topological polar surface area (TPSA) is 105 Å². The minimum absolute atomic E-state index is 0.121. The number of piperazine rings is 1. The van der Waals surface area contributed by atoms with Crippen LogP contribution in [0, 0.1) is 0 Å². The van der Waals surface area contributed by atoms with Gasteiger partial charge in [-0.2, -0.15) is 4.31 Å². The molecule has 0 aliphatic carbocycles. The Labute approximate surface area is 193 Å². The van der Waals surface area contributed by atoms with Crippen molar-refractivity contribution in [2.45, 2.75) is 24.8 Å². The van der Waals surface area contributed by atoms with Crippen LogP contribution in [0.15, 0.2) is 47.4 Å². The molecule has 2 amide bonds. The predicted octanol–water partition coefficient (Wildman–Crippen LogP) is 2.44. The number of sulfonamides is 1. The fourth-order valence-electron chi connectivity index (χ4n) is 3.83. The maximum Gasteiger partial charge on any atom is 0.317 e. The summed E-state index contributed by atoms with van der Waals surface area (Å²) in [6.07, 6.45) is 0. The maximum absolute atomic E-state index is 12.9. The van der Waals surface area contributed by atoms with Gasteiger partial charge in [0.05, 0.1) is 10.9 Å². The first-order chi connectivity index (χ1) is 15.8. The van der Waals surface area contributed by atoms with E-state index in [0.29, 0.717) is 30.3 Å². The number of hydrogen-bond acceptors (Lipinski definition) is 6. The van der Waals surface area contributed by atoms with Crippen LogP contribution in [0.5, 0.6) is 11.5 Å². The van der Waals surface area contributed by atoms with E-state index in [0.717, 1.165) is 5.56 Å². The molecule has 2 aliphatic heterocycles. The minimum Gasteiger partial charge on any atom is -0.486 e. The number of hydrogen-bond donors (Lipinski definition) is 1. The van der Waals surface area contributed by atoms with Gasteiger partial charge < -0.3 is 19.7 Å². The van der Waals surface area contributed by atoms with E-state index in [4.69, 9.17) is 9.47 Å². The van der Waals surface area contributed by atoms with Crippen molar-refractivity contribution in [3.63, 3.8) is 0 Å². The molecule has 1 fully saturated rings. The molecule has 0 aromatic heterocycles. The van der Waals surface area contributed by atoms with Gasteiger partial charge in [-0.1, -0.05) is 18.2 Å². The molecule has 1 saturated heterocycles. The lowest BCUT2D eigenvalue weighted by Crippen LogP contribution is -2.53. The first kappa shape index (κ1) is 23.1. The highest BCUT2D eigenvalue weighted by Crippen LogP contribution is 2.32. The minimum atomic E-state index is -3.69. The summed E-state index contributed by atoms with van der Waals surface area (Å²) in [7, 11) is -3.69. The summed E-state index contributed by atoms with van der Waals surface area (Å²) >= 11 is 0. The Morgan fingerprint density at radius 1 is 0.939 bits per heavy atom. The van der Waals surface area contributed by atoms with Gasteiger partial charge in [0, 0.05) is 31.7 Å². The van der Waals surface area contributed by atoms with Gasteiger partial charge in [-0.3, -0.25) is 4.79 Å². The Kier molecular flexibility index (Phi) is 6.57. The van der Waals surface area contributed by atoms with Gasteiger partial charge in [0.2, 0.25) is 10.0 Å². The molecule has 0 saturated carbocycles. The molecule has 176 valence electrons. The van der Waals surface area contributed by atoms with Gasteiger partial charge in [0.1, 0.15) is 13.2 Å². The number of carbonyl (C=O) groups excluding carboxylic acids is 2. The van der Waals surface area contributed by atoms with E-state index >= 15 is 0 Å². The largest absolute Gasteiger partial charge is 0.486 e. The van der Waals surface area contributed by atoms with Gasteiger partial charge in [-0.25, -0.2) is 13.2 Å². The summed E-state index contributed by atoms with van der Waals surface area (Å²) in [5.74, 6) is 1.23. The third kappa shape index (κ3) is 4.96. The fraction of sp³-hybridized carbons (Fsp3) is 0.391. The lowest BCUT2D eigenvalue weighted by molar-refractivity contribution is 0.101. The Morgan fingerprint density at radius 2 is 1.58 bits per heavy atom. The van der Waals surface area contributed by atoms with Crippen LogP contribution >= 0.6 is 0 Å². The molecule has 0 unspecified atom stereocenters. The molecule has 2 aliphatic rings. The molecule has 0 bridgehead atoms. The third-order valence-electron chi connectivity index (χ3n) is 5.83. The number of nitrogens with one attached hydrogen (secondary N) is 1.